The number of aromatic nitrogens is 2. The van der Waals surface area contributed by atoms with Gasteiger partial charge in [-0.1, -0.05) is 32.9 Å². The molecule has 5 nitrogen and oxygen atoms in total. The predicted molar refractivity (Wildman–Crippen MR) is 99.9 cm³/mol. The minimum absolute atomic E-state index is 0. The van der Waals surface area contributed by atoms with Crippen LogP contribution in [-0.4, -0.2) is 22.4 Å². The minimum atomic E-state index is -0.172. The Morgan fingerprint density at radius 3 is 2.71 bits per heavy atom. The Kier molecular flexibility index (Phi) is 7.82. The molecule has 0 atom stereocenters. The van der Waals surface area contributed by atoms with E-state index >= 15 is 0 Å². The fourth-order valence-electron chi connectivity index (χ4n) is 2.33. The van der Waals surface area contributed by atoms with Gasteiger partial charge in [0.2, 0.25) is 0 Å². The minimum Gasteiger partial charge on any atom is -0.322 e. The highest BCUT2D eigenvalue weighted by Gasteiger charge is 2.16. The fourth-order valence-corrected chi connectivity index (χ4v) is 2.33. The van der Waals surface area contributed by atoms with Crippen molar-refractivity contribution in [3.05, 3.63) is 53.1 Å². The van der Waals surface area contributed by atoms with Gasteiger partial charge in [0.05, 0.1) is 11.3 Å². The lowest BCUT2D eigenvalue weighted by Gasteiger charge is -2.13. The first kappa shape index (κ1) is 20.1. The van der Waals surface area contributed by atoms with Crippen LogP contribution in [0, 0.1) is 6.92 Å². The number of nitrogens with one attached hydrogen (secondary N) is 2. The maximum atomic E-state index is 12.6. The number of carbonyl (C=O) groups excluding carboxylic acids is 1. The molecular formula is C18H25ClN4O. The summed E-state index contributed by atoms with van der Waals surface area (Å²) in [6, 6.07) is 7.84. The third-order valence-electron chi connectivity index (χ3n) is 3.49. The van der Waals surface area contributed by atoms with Crippen molar-refractivity contribution in [2.24, 2.45) is 0 Å². The van der Waals surface area contributed by atoms with Gasteiger partial charge in [-0.25, -0.2) is 9.97 Å². The van der Waals surface area contributed by atoms with Gasteiger partial charge in [0.15, 0.2) is 0 Å². The van der Waals surface area contributed by atoms with Gasteiger partial charge < -0.3 is 10.6 Å². The van der Waals surface area contributed by atoms with E-state index in [1.165, 1.54) is 0 Å². The standard InChI is InChI=1S/C18H24N4O.ClH/c1-5-19-10-14-7-6-8-15(9-14)22-18(23)16-11-20-13(4)21-17(16)12(2)3;/h6-9,11-12,19H,5,10H2,1-4H3,(H,22,23);1H. The average Bonchev–Trinajstić information content (AvgIpc) is 2.53. The zero-order valence-corrected chi connectivity index (χ0v) is 15.4. The van der Waals surface area contributed by atoms with E-state index in [0.717, 1.165) is 30.0 Å². The lowest BCUT2D eigenvalue weighted by atomic mass is 10.0. The first-order valence-electron chi connectivity index (χ1n) is 7.95. The molecule has 6 heteroatoms. The molecule has 0 aliphatic carbocycles. The van der Waals surface area contributed by atoms with Crippen LogP contribution in [0.5, 0.6) is 0 Å². The Morgan fingerprint density at radius 2 is 2.04 bits per heavy atom. The van der Waals surface area contributed by atoms with Crippen molar-refractivity contribution >= 4 is 24.0 Å². The number of anilines is 1. The maximum Gasteiger partial charge on any atom is 0.259 e. The van der Waals surface area contributed by atoms with Crippen molar-refractivity contribution in [2.45, 2.75) is 40.2 Å². The molecule has 2 rings (SSSR count). The normalized spacial score (nSPS) is 10.4. The summed E-state index contributed by atoms with van der Waals surface area (Å²) in [7, 11) is 0. The molecule has 130 valence electrons. The Bertz CT molecular complexity index is 688. The van der Waals surface area contributed by atoms with Gasteiger partial charge in [-0.3, -0.25) is 4.79 Å². The van der Waals surface area contributed by atoms with Gasteiger partial charge in [0, 0.05) is 18.4 Å². The predicted octanol–water partition coefficient (Wildman–Crippen LogP) is 3.69. The second kappa shape index (κ2) is 9.35. The van der Waals surface area contributed by atoms with E-state index in [1.807, 2.05) is 45.0 Å². The van der Waals surface area contributed by atoms with E-state index in [1.54, 1.807) is 6.20 Å². The van der Waals surface area contributed by atoms with Gasteiger partial charge in [-0.2, -0.15) is 0 Å². The van der Waals surface area contributed by atoms with Crippen LogP contribution in [0.1, 0.15) is 54.1 Å². The number of benzene rings is 1. The molecule has 0 unspecified atom stereocenters. The molecule has 1 amide bonds. The molecule has 0 aliphatic heterocycles. The van der Waals surface area contributed by atoms with Gasteiger partial charge in [-0.05, 0) is 37.1 Å². The van der Waals surface area contributed by atoms with Gasteiger partial charge in [-0.15, -0.1) is 12.4 Å². The van der Waals surface area contributed by atoms with Crippen LogP contribution in [0.25, 0.3) is 0 Å². The van der Waals surface area contributed by atoms with Crippen molar-refractivity contribution in [3.63, 3.8) is 0 Å². The second-order valence-corrected chi connectivity index (χ2v) is 5.81. The Hall–Kier alpha value is -1.98. The molecule has 0 aliphatic rings. The highest BCUT2D eigenvalue weighted by molar-refractivity contribution is 6.05. The molecule has 2 aromatic rings. The van der Waals surface area contributed by atoms with E-state index < -0.39 is 0 Å². The summed E-state index contributed by atoms with van der Waals surface area (Å²) in [6.07, 6.45) is 1.61. The molecule has 0 bridgehead atoms. The Balaban J connectivity index is 0.00000288. The van der Waals surface area contributed by atoms with Gasteiger partial charge in [0.25, 0.3) is 5.91 Å². The third kappa shape index (κ3) is 5.28. The molecule has 0 spiro atoms. The van der Waals surface area contributed by atoms with Crippen LogP contribution < -0.4 is 10.6 Å². The SMILES string of the molecule is CCNCc1cccc(NC(=O)c2cnc(C)nc2C(C)C)c1.Cl. The van der Waals surface area contributed by atoms with Crippen molar-refractivity contribution < 1.29 is 4.79 Å². The van der Waals surface area contributed by atoms with Crippen LogP contribution in [0.2, 0.25) is 0 Å². The number of hydrogen-bond donors (Lipinski definition) is 2. The lowest BCUT2D eigenvalue weighted by Crippen LogP contribution is -2.17. The van der Waals surface area contributed by atoms with E-state index in [9.17, 15) is 4.79 Å². The topological polar surface area (TPSA) is 66.9 Å². The van der Waals surface area contributed by atoms with Crippen molar-refractivity contribution in [1.82, 2.24) is 15.3 Å². The molecule has 1 aromatic carbocycles. The van der Waals surface area contributed by atoms with Crippen molar-refractivity contribution in [1.29, 1.82) is 0 Å². The number of hydrogen-bond acceptors (Lipinski definition) is 4. The molecule has 24 heavy (non-hydrogen) atoms. The monoisotopic (exact) mass is 348 g/mol. The second-order valence-electron chi connectivity index (χ2n) is 5.81. The van der Waals surface area contributed by atoms with E-state index in [2.05, 4.69) is 27.5 Å². The summed E-state index contributed by atoms with van der Waals surface area (Å²) in [5.41, 5.74) is 3.22. The van der Waals surface area contributed by atoms with Crippen LogP contribution in [-0.2, 0) is 6.54 Å². The maximum absolute atomic E-state index is 12.6. The number of amides is 1. The first-order valence-corrected chi connectivity index (χ1v) is 7.95. The summed E-state index contributed by atoms with van der Waals surface area (Å²) >= 11 is 0. The number of halogens is 1. The van der Waals surface area contributed by atoms with Crippen molar-refractivity contribution in [2.75, 3.05) is 11.9 Å². The fraction of sp³-hybridized carbons (Fsp3) is 0.389. The van der Waals surface area contributed by atoms with Crippen molar-refractivity contribution in [3.8, 4) is 0 Å². The summed E-state index contributed by atoms with van der Waals surface area (Å²) in [5.74, 6) is 0.671. The molecular weight excluding hydrogens is 324 g/mol. The van der Waals surface area contributed by atoms with Crippen LogP contribution in [0.4, 0.5) is 5.69 Å². The van der Waals surface area contributed by atoms with E-state index in [4.69, 9.17) is 0 Å². The molecule has 2 N–H and O–H groups in total. The molecule has 1 heterocycles. The zero-order valence-electron chi connectivity index (χ0n) is 14.6. The Labute approximate surface area is 149 Å². The number of rotatable bonds is 6. The van der Waals surface area contributed by atoms with Gasteiger partial charge in [0.1, 0.15) is 5.82 Å². The number of carbonyl (C=O) groups is 1. The summed E-state index contributed by atoms with van der Waals surface area (Å²) in [5, 5.41) is 6.22. The molecule has 1 aromatic heterocycles. The molecule has 0 saturated carbocycles. The highest BCUT2D eigenvalue weighted by Crippen LogP contribution is 2.19. The van der Waals surface area contributed by atoms with Crippen LogP contribution >= 0.6 is 12.4 Å². The lowest BCUT2D eigenvalue weighted by molar-refractivity contribution is 0.102. The largest absolute Gasteiger partial charge is 0.322 e. The average molecular weight is 349 g/mol. The molecule has 0 radical (unpaired) electrons. The molecule has 0 saturated heterocycles. The van der Waals surface area contributed by atoms with Crippen LogP contribution in [0.3, 0.4) is 0 Å². The van der Waals surface area contributed by atoms with Crippen LogP contribution in [0.15, 0.2) is 30.5 Å². The number of nitrogens with zero attached hydrogens (tertiary/aromatic N) is 2. The number of aryl methyl sites for hydroxylation is 1. The van der Waals surface area contributed by atoms with E-state index in [0.29, 0.717) is 11.4 Å². The zero-order chi connectivity index (χ0) is 16.8. The summed E-state index contributed by atoms with van der Waals surface area (Å²) in [4.78, 5) is 21.1. The summed E-state index contributed by atoms with van der Waals surface area (Å²) in [6.45, 7) is 9.64. The van der Waals surface area contributed by atoms with E-state index in [-0.39, 0.29) is 24.2 Å². The van der Waals surface area contributed by atoms with Gasteiger partial charge >= 0.3 is 0 Å². The Morgan fingerprint density at radius 1 is 1.29 bits per heavy atom. The summed E-state index contributed by atoms with van der Waals surface area (Å²) < 4.78 is 0. The third-order valence-corrected chi connectivity index (χ3v) is 3.49. The quantitative estimate of drug-likeness (QED) is 0.835. The highest BCUT2D eigenvalue weighted by atomic mass is 35.5. The first-order chi connectivity index (χ1) is 11.0. The molecule has 0 fully saturated rings. The smallest absolute Gasteiger partial charge is 0.259 e.